The maximum Gasteiger partial charge on any atom is 0.319 e. The van der Waals surface area contributed by atoms with Crippen LogP contribution in [0.1, 0.15) is 42.7 Å². The highest BCUT2D eigenvalue weighted by molar-refractivity contribution is 5.77. The first-order valence-electron chi connectivity index (χ1n) is 9.10. The summed E-state index contributed by atoms with van der Waals surface area (Å²) in [6.07, 6.45) is 3.56. The number of benzene rings is 1. The smallest absolute Gasteiger partial charge is 0.319 e. The zero-order chi connectivity index (χ0) is 18.2. The van der Waals surface area contributed by atoms with E-state index in [0.29, 0.717) is 12.3 Å². The molecule has 3 amide bonds. The van der Waals surface area contributed by atoms with Crippen molar-refractivity contribution in [1.82, 2.24) is 14.7 Å². The number of urea groups is 1. The van der Waals surface area contributed by atoms with Crippen molar-refractivity contribution in [2.75, 3.05) is 41.3 Å². The molecular formula is C20H29N3O2. The second kappa shape index (κ2) is 6.70. The van der Waals surface area contributed by atoms with Gasteiger partial charge in [-0.05, 0) is 41.7 Å². The van der Waals surface area contributed by atoms with E-state index < -0.39 is 0 Å². The number of nitrogens with zero attached hydrogens (tertiary/aromatic N) is 3. The molecule has 136 valence electrons. The van der Waals surface area contributed by atoms with Gasteiger partial charge in [0.15, 0.2) is 0 Å². The molecule has 2 aliphatic rings. The number of carbonyl (C=O) groups is 2. The van der Waals surface area contributed by atoms with Crippen LogP contribution in [-0.4, -0.2) is 67.9 Å². The first-order chi connectivity index (χ1) is 11.8. The summed E-state index contributed by atoms with van der Waals surface area (Å²) in [6.45, 7) is 1.58. The third-order valence-corrected chi connectivity index (χ3v) is 5.90. The lowest BCUT2D eigenvalue weighted by Gasteiger charge is -2.41. The largest absolute Gasteiger partial charge is 0.349 e. The Hall–Kier alpha value is -2.04. The van der Waals surface area contributed by atoms with Gasteiger partial charge in [-0.2, -0.15) is 0 Å². The van der Waals surface area contributed by atoms with Crippen molar-refractivity contribution < 1.29 is 9.59 Å². The third kappa shape index (κ3) is 3.24. The van der Waals surface area contributed by atoms with Crippen molar-refractivity contribution in [2.45, 2.75) is 37.0 Å². The third-order valence-electron chi connectivity index (χ3n) is 5.90. The molecule has 25 heavy (non-hydrogen) atoms. The second-order valence-electron chi connectivity index (χ2n) is 7.92. The maximum atomic E-state index is 12.3. The molecule has 1 spiro atoms. The second-order valence-corrected chi connectivity index (χ2v) is 7.92. The number of hydrogen-bond donors (Lipinski definition) is 0. The fourth-order valence-electron chi connectivity index (χ4n) is 4.49. The highest BCUT2D eigenvalue weighted by Crippen LogP contribution is 2.52. The van der Waals surface area contributed by atoms with E-state index >= 15 is 0 Å². The topological polar surface area (TPSA) is 43.9 Å². The zero-order valence-electron chi connectivity index (χ0n) is 15.8. The normalized spacial score (nSPS) is 21.1. The molecule has 1 heterocycles. The number of piperidine rings is 1. The van der Waals surface area contributed by atoms with Crippen LogP contribution < -0.4 is 0 Å². The molecule has 0 radical (unpaired) electrons. The average Bonchev–Trinajstić information content (AvgIpc) is 2.89. The Bertz CT molecular complexity index is 661. The van der Waals surface area contributed by atoms with E-state index in [4.69, 9.17) is 0 Å². The number of carbonyl (C=O) groups excluding carboxylic acids is 2. The van der Waals surface area contributed by atoms with Crippen molar-refractivity contribution in [3.05, 3.63) is 35.4 Å². The summed E-state index contributed by atoms with van der Waals surface area (Å²) >= 11 is 0. The lowest BCUT2D eigenvalue weighted by molar-refractivity contribution is -0.129. The molecule has 5 heteroatoms. The predicted octanol–water partition coefficient (Wildman–Crippen LogP) is 2.67. The van der Waals surface area contributed by atoms with E-state index in [0.717, 1.165) is 32.4 Å². The number of rotatable bonds is 2. The van der Waals surface area contributed by atoms with Gasteiger partial charge in [-0.15, -0.1) is 0 Å². The van der Waals surface area contributed by atoms with Gasteiger partial charge < -0.3 is 14.7 Å². The molecule has 1 fully saturated rings. The summed E-state index contributed by atoms with van der Waals surface area (Å²) in [6, 6.07) is 8.71. The minimum Gasteiger partial charge on any atom is -0.349 e. The van der Waals surface area contributed by atoms with E-state index in [1.165, 1.54) is 11.1 Å². The van der Waals surface area contributed by atoms with Crippen LogP contribution in [0.5, 0.6) is 0 Å². The van der Waals surface area contributed by atoms with Crippen LogP contribution in [0.4, 0.5) is 4.79 Å². The standard InChI is InChI=1S/C20H29N3O2/c1-21(2)18(24)13-15-14-20(17-8-6-5-7-16(15)17)9-11-23(12-10-20)19(25)22(3)4/h5-8,15H,9-14H2,1-4H3/t15-/m1/s1. The fourth-order valence-corrected chi connectivity index (χ4v) is 4.49. The lowest BCUT2D eigenvalue weighted by Crippen LogP contribution is -2.47. The Balaban J connectivity index is 1.80. The van der Waals surface area contributed by atoms with Crippen LogP contribution in [0, 0.1) is 0 Å². The number of hydrogen-bond acceptors (Lipinski definition) is 2. The summed E-state index contributed by atoms with van der Waals surface area (Å²) in [5.41, 5.74) is 2.87. The van der Waals surface area contributed by atoms with E-state index in [1.54, 1.807) is 23.9 Å². The fraction of sp³-hybridized carbons (Fsp3) is 0.600. The molecule has 0 bridgehead atoms. The van der Waals surface area contributed by atoms with Crippen LogP contribution in [0.25, 0.3) is 0 Å². The van der Waals surface area contributed by atoms with Crippen LogP contribution in [-0.2, 0) is 10.2 Å². The van der Waals surface area contributed by atoms with E-state index in [9.17, 15) is 9.59 Å². The summed E-state index contributed by atoms with van der Waals surface area (Å²) in [7, 11) is 7.26. The van der Waals surface area contributed by atoms with Crippen LogP contribution in [0.15, 0.2) is 24.3 Å². The van der Waals surface area contributed by atoms with Crippen molar-refractivity contribution in [3.8, 4) is 0 Å². The van der Waals surface area contributed by atoms with Gasteiger partial charge in [-0.3, -0.25) is 4.79 Å². The van der Waals surface area contributed by atoms with Gasteiger partial charge >= 0.3 is 6.03 Å². The molecule has 1 atom stereocenters. The Morgan fingerprint density at radius 2 is 1.72 bits per heavy atom. The van der Waals surface area contributed by atoms with Crippen molar-refractivity contribution in [1.29, 1.82) is 0 Å². The summed E-state index contributed by atoms with van der Waals surface area (Å²) in [5, 5.41) is 0. The van der Waals surface area contributed by atoms with E-state index in [-0.39, 0.29) is 17.4 Å². The van der Waals surface area contributed by atoms with E-state index in [1.807, 2.05) is 19.0 Å². The first-order valence-corrected chi connectivity index (χ1v) is 9.10. The first kappa shape index (κ1) is 17.8. The molecule has 0 unspecified atom stereocenters. The van der Waals surface area contributed by atoms with Gasteiger partial charge in [-0.1, -0.05) is 24.3 Å². The Labute approximate surface area is 150 Å². The number of likely N-dealkylation sites (tertiary alicyclic amines) is 1. The van der Waals surface area contributed by atoms with Gasteiger partial charge in [0.2, 0.25) is 5.91 Å². The SMILES string of the molecule is CN(C)C(=O)C[C@@H]1CC2(CCN(C(=O)N(C)C)CC2)c2ccccc21. The van der Waals surface area contributed by atoms with Gasteiger partial charge in [0.1, 0.15) is 0 Å². The van der Waals surface area contributed by atoms with Gasteiger partial charge in [0, 0.05) is 47.7 Å². The van der Waals surface area contributed by atoms with Crippen molar-refractivity contribution >= 4 is 11.9 Å². The van der Waals surface area contributed by atoms with Gasteiger partial charge in [-0.25, -0.2) is 4.79 Å². The molecular weight excluding hydrogens is 314 g/mol. The zero-order valence-corrected chi connectivity index (χ0v) is 15.8. The van der Waals surface area contributed by atoms with Crippen LogP contribution >= 0.6 is 0 Å². The Morgan fingerprint density at radius 1 is 1.08 bits per heavy atom. The minimum atomic E-state index is 0.0977. The molecule has 1 saturated heterocycles. The lowest BCUT2D eigenvalue weighted by atomic mass is 9.73. The highest BCUT2D eigenvalue weighted by Gasteiger charge is 2.46. The molecule has 1 aliphatic heterocycles. The molecule has 0 saturated carbocycles. The van der Waals surface area contributed by atoms with Crippen molar-refractivity contribution in [3.63, 3.8) is 0 Å². The molecule has 1 aromatic carbocycles. The van der Waals surface area contributed by atoms with E-state index in [2.05, 4.69) is 24.3 Å². The summed E-state index contributed by atoms with van der Waals surface area (Å²) < 4.78 is 0. The molecule has 1 aliphatic carbocycles. The van der Waals surface area contributed by atoms with Gasteiger partial charge in [0.05, 0.1) is 0 Å². The minimum absolute atomic E-state index is 0.0977. The number of fused-ring (bicyclic) bond motifs is 2. The maximum absolute atomic E-state index is 12.3. The quantitative estimate of drug-likeness (QED) is 0.829. The molecule has 0 aromatic heterocycles. The van der Waals surface area contributed by atoms with Gasteiger partial charge in [0.25, 0.3) is 0 Å². The highest BCUT2D eigenvalue weighted by atomic mass is 16.2. The van der Waals surface area contributed by atoms with Crippen LogP contribution in [0.2, 0.25) is 0 Å². The number of amides is 3. The molecule has 0 N–H and O–H groups in total. The summed E-state index contributed by atoms with van der Waals surface area (Å²) in [4.78, 5) is 29.8. The monoisotopic (exact) mass is 343 g/mol. The Morgan fingerprint density at radius 3 is 2.32 bits per heavy atom. The Kier molecular flexibility index (Phi) is 4.76. The van der Waals surface area contributed by atoms with Crippen molar-refractivity contribution in [2.24, 2.45) is 0 Å². The molecule has 1 aromatic rings. The predicted molar refractivity (Wildman–Crippen MR) is 98.7 cm³/mol. The average molecular weight is 343 g/mol. The summed E-state index contributed by atoms with van der Waals surface area (Å²) in [5.74, 6) is 0.485. The molecule has 5 nitrogen and oxygen atoms in total. The van der Waals surface area contributed by atoms with Crippen LogP contribution in [0.3, 0.4) is 0 Å². The molecule has 3 rings (SSSR count).